The van der Waals surface area contributed by atoms with E-state index in [0.29, 0.717) is 17.3 Å². The molecule has 0 saturated carbocycles. The molecule has 20 heavy (non-hydrogen) atoms. The number of hydrogen-bond donors (Lipinski definition) is 2. The van der Waals surface area contributed by atoms with Crippen LogP contribution in [0, 0.1) is 10.1 Å². The Hall–Kier alpha value is -1.44. The van der Waals surface area contributed by atoms with E-state index in [1.165, 1.54) is 18.2 Å². The van der Waals surface area contributed by atoms with Crippen LogP contribution in [0.1, 0.15) is 12.8 Å². The number of ether oxygens (including phenoxy) is 1. The van der Waals surface area contributed by atoms with Crippen LogP contribution in [-0.2, 0) is 4.74 Å². The third-order valence-corrected chi connectivity index (χ3v) is 3.49. The summed E-state index contributed by atoms with van der Waals surface area (Å²) in [5.74, 6) is 0. The molecular weight excluding hydrogens is 302 g/mol. The highest BCUT2D eigenvalue weighted by atomic mass is 35.5. The van der Waals surface area contributed by atoms with E-state index in [4.69, 9.17) is 28.6 Å². The predicted molar refractivity (Wildman–Crippen MR) is 81.3 cm³/mol. The van der Waals surface area contributed by atoms with Crippen molar-refractivity contribution in [2.45, 2.75) is 18.9 Å². The zero-order valence-corrected chi connectivity index (χ0v) is 12.2. The summed E-state index contributed by atoms with van der Waals surface area (Å²) in [4.78, 5) is 10.1. The van der Waals surface area contributed by atoms with Gasteiger partial charge in [0.25, 0.3) is 5.69 Å². The van der Waals surface area contributed by atoms with Crippen LogP contribution < -0.4 is 10.6 Å². The second-order valence-corrected chi connectivity index (χ2v) is 5.21. The van der Waals surface area contributed by atoms with Crippen molar-refractivity contribution in [2.24, 2.45) is 0 Å². The van der Waals surface area contributed by atoms with E-state index in [1.54, 1.807) is 0 Å². The molecule has 1 fully saturated rings. The molecule has 2 rings (SSSR count). The molecule has 2 N–H and O–H groups in total. The van der Waals surface area contributed by atoms with Crippen LogP contribution >= 0.6 is 23.8 Å². The Balaban J connectivity index is 1.88. The first-order valence-corrected chi connectivity index (χ1v) is 6.95. The molecule has 0 aromatic heterocycles. The predicted octanol–water partition coefficient (Wildman–Crippen LogP) is 2.71. The van der Waals surface area contributed by atoms with Crippen molar-refractivity contribution in [1.82, 2.24) is 5.32 Å². The summed E-state index contributed by atoms with van der Waals surface area (Å²) in [6.07, 6.45) is 2.27. The zero-order valence-electron chi connectivity index (χ0n) is 10.6. The van der Waals surface area contributed by atoms with Gasteiger partial charge in [0.15, 0.2) is 5.11 Å². The standard InChI is InChI=1S/C12H14ClN3O3S/c13-10-6-8(16(17)18)3-4-11(10)15-12(20)14-7-9-2-1-5-19-9/h3-4,6,9H,1-2,5,7H2,(H2,14,15,20). The van der Waals surface area contributed by atoms with Gasteiger partial charge in [0.1, 0.15) is 0 Å². The molecule has 108 valence electrons. The van der Waals surface area contributed by atoms with Gasteiger partial charge in [-0.2, -0.15) is 0 Å². The number of nitrogens with zero attached hydrogens (tertiary/aromatic N) is 1. The molecular formula is C12H14ClN3O3S. The molecule has 0 radical (unpaired) electrons. The lowest BCUT2D eigenvalue weighted by Crippen LogP contribution is -2.34. The molecule has 1 unspecified atom stereocenters. The van der Waals surface area contributed by atoms with Gasteiger partial charge in [-0.15, -0.1) is 0 Å². The minimum atomic E-state index is -0.496. The fourth-order valence-corrected chi connectivity index (χ4v) is 2.31. The third kappa shape index (κ3) is 4.03. The van der Waals surface area contributed by atoms with E-state index >= 15 is 0 Å². The van der Waals surface area contributed by atoms with Gasteiger partial charge < -0.3 is 15.4 Å². The molecule has 1 heterocycles. The van der Waals surface area contributed by atoms with Crippen LogP contribution in [-0.4, -0.2) is 29.3 Å². The van der Waals surface area contributed by atoms with Gasteiger partial charge in [0.05, 0.1) is 21.7 Å². The van der Waals surface area contributed by atoms with Crippen molar-refractivity contribution in [2.75, 3.05) is 18.5 Å². The fraction of sp³-hybridized carbons (Fsp3) is 0.417. The van der Waals surface area contributed by atoms with Gasteiger partial charge in [-0.1, -0.05) is 11.6 Å². The monoisotopic (exact) mass is 315 g/mol. The number of nitro groups is 1. The van der Waals surface area contributed by atoms with Gasteiger partial charge in [0.2, 0.25) is 0 Å². The number of benzene rings is 1. The molecule has 1 aliphatic heterocycles. The topological polar surface area (TPSA) is 76.4 Å². The minimum Gasteiger partial charge on any atom is -0.376 e. The molecule has 1 aliphatic rings. The molecule has 8 heteroatoms. The van der Waals surface area contributed by atoms with Gasteiger partial charge in [0, 0.05) is 25.3 Å². The van der Waals surface area contributed by atoms with Crippen molar-refractivity contribution in [3.63, 3.8) is 0 Å². The highest BCUT2D eigenvalue weighted by Crippen LogP contribution is 2.26. The molecule has 1 saturated heterocycles. The van der Waals surface area contributed by atoms with Crippen LogP contribution in [0.15, 0.2) is 18.2 Å². The quantitative estimate of drug-likeness (QED) is 0.505. The highest BCUT2D eigenvalue weighted by Gasteiger charge is 2.15. The van der Waals surface area contributed by atoms with Crippen LogP contribution in [0.2, 0.25) is 5.02 Å². The van der Waals surface area contributed by atoms with E-state index in [9.17, 15) is 10.1 Å². The van der Waals surface area contributed by atoms with Crippen LogP contribution in [0.3, 0.4) is 0 Å². The number of nitro benzene ring substituents is 1. The average molecular weight is 316 g/mol. The normalized spacial score (nSPS) is 17.8. The Bertz CT molecular complexity index is 521. The maximum atomic E-state index is 10.6. The van der Waals surface area contributed by atoms with E-state index in [2.05, 4.69) is 10.6 Å². The number of thiocarbonyl (C=S) groups is 1. The molecule has 0 amide bonds. The fourth-order valence-electron chi connectivity index (χ4n) is 1.90. The lowest BCUT2D eigenvalue weighted by Gasteiger charge is -2.14. The molecule has 0 bridgehead atoms. The molecule has 1 aromatic carbocycles. The number of anilines is 1. The van der Waals surface area contributed by atoms with Crippen molar-refractivity contribution in [3.05, 3.63) is 33.3 Å². The maximum Gasteiger partial charge on any atom is 0.271 e. The summed E-state index contributed by atoms with van der Waals surface area (Å²) in [5, 5.41) is 17.2. The SMILES string of the molecule is O=[N+]([O-])c1ccc(NC(=S)NCC2CCCO2)c(Cl)c1. The van der Waals surface area contributed by atoms with Crippen LogP contribution in [0.25, 0.3) is 0 Å². The second kappa shape index (κ2) is 6.83. The molecule has 1 atom stereocenters. The lowest BCUT2D eigenvalue weighted by molar-refractivity contribution is -0.384. The number of hydrogen-bond acceptors (Lipinski definition) is 4. The minimum absolute atomic E-state index is 0.0567. The van der Waals surface area contributed by atoms with Gasteiger partial charge in [-0.05, 0) is 31.1 Å². The third-order valence-electron chi connectivity index (χ3n) is 2.93. The second-order valence-electron chi connectivity index (χ2n) is 4.39. The lowest BCUT2D eigenvalue weighted by atomic mass is 10.2. The Morgan fingerprint density at radius 1 is 1.60 bits per heavy atom. The van der Waals surface area contributed by atoms with E-state index in [0.717, 1.165) is 19.4 Å². The van der Waals surface area contributed by atoms with Gasteiger partial charge in [-0.25, -0.2) is 0 Å². The zero-order chi connectivity index (χ0) is 14.5. The van der Waals surface area contributed by atoms with Gasteiger partial charge in [-0.3, -0.25) is 10.1 Å². The van der Waals surface area contributed by atoms with E-state index in [-0.39, 0.29) is 16.8 Å². The molecule has 6 nitrogen and oxygen atoms in total. The van der Waals surface area contributed by atoms with E-state index in [1.807, 2.05) is 0 Å². The largest absolute Gasteiger partial charge is 0.376 e. The summed E-state index contributed by atoms with van der Waals surface area (Å²) in [6.45, 7) is 1.43. The Morgan fingerprint density at radius 3 is 3.00 bits per heavy atom. The van der Waals surface area contributed by atoms with Crippen molar-refractivity contribution in [3.8, 4) is 0 Å². The van der Waals surface area contributed by atoms with Gasteiger partial charge >= 0.3 is 0 Å². The Kier molecular flexibility index (Phi) is 5.11. The number of non-ortho nitro benzene ring substituents is 1. The van der Waals surface area contributed by atoms with Crippen LogP contribution in [0.4, 0.5) is 11.4 Å². The first-order valence-electron chi connectivity index (χ1n) is 6.16. The highest BCUT2D eigenvalue weighted by molar-refractivity contribution is 7.80. The summed E-state index contributed by atoms with van der Waals surface area (Å²) >= 11 is 11.1. The van der Waals surface area contributed by atoms with Crippen LogP contribution in [0.5, 0.6) is 0 Å². The maximum absolute atomic E-state index is 10.6. The van der Waals surface area contributed by atoms with Crippen molar-refractivity contribution in [1.29, 1.82) is 0 Å². The van der Waals surface area contributed by atoms with Crippen molar-refractivity contribution < 1.29 is 9.66 Å². The molecule has 0 aliphatic carbocycles. The molecule has 1 aromatic rings. The summed E-state index contributed by atoms with van der Waals surface area (Å²) in [5.41, 5.74) is 0.473. The summed E-state index contributed by atoms with van der Waals surface area (Å²) in [7, 11) is 0. The first-order chi connectivity index (χ1) is 9.56. The number of rotatable bonds is 4. The first kappa shape index (κ1) is 15.0. The summed E-state index contributed by atoms with van der Waals surface area (Å²) < 4.78 is 5.47. The Labute approximate surface area is 126 Å². The summed E-state index contributed by atoms with van der Waals surface area (Å²) in [6, 6.07) is 4.18. The Morgan fingerprint density at radius 2 is 2.40 bits per heavy atom. The average Bonchev–Trinajstić information content (AvgIpc) is 2.91. The number of nitrogens with one attached hydrogen (secondary N) is 2. The molecule has 0 spiro atoms. The van der Waals surface area contributed by atoms with Crippen molar-refractivity contribution >= 4 is 40.3 Å². The van der Waals surface area contributed by atoms with E-state index < -0.39 is 4.92 Å². The number of halogens is 1. The smallest absolute Gasteiger partial charge is 0.271 e.